The minimum atomic E-state index is 0.463. The molecule has 4 nitrogen and oxygen atoms in total. The maximum atomic E-state index is 4.40. The summed E-state index contributed by atoms with van der Waals surface area (Å²) >= 11 is 0. The number of H-pyrrole nitrogens is 1. The maximum absolute atomic E-state index is 4.40. The number of hydrogen-bond acceptors (Lipinski definition) is 3. The monoisotopic (exact) mass is 430 g/mol. The summed E-state index contributed by atoms with van der Waals surface area (Å²) in [6, 6.07) is 9.24. The van der Waals surface area contributed by atoms with E-state index in [0.29, 0.717) is 11.8 Å². The van der Waals surface area contributed by atoms with Gasteiger partial charge in [-0.1, -0.05) is 13.8 Å². The molecule has 170 valence electrons. The molecule has 2 aliphatic rings. The highest BCUT2D eigenvalue weighted by molar-refractivity contribution is 5.92. The van der Waals surface area contributed by atoms with Gasteiger partial charge in [0.25, 0.3) is 0 Å². The smallest absolute Gasteiger partial charge is 0.0501 e. The van der Waals surface area contributed by atoms with Crippen molar-refractivity contribution >= 4 is 10.9 Å². The summed E-state index contributed by atoms with van der Waals surface area (Å²) in [5.41, 5.74) is 9.28. The van der Waals surface area contributed by atoms with E-state index in [1.54, 1.807) is 5.56 Å². The van der Waals surface area contributed by atoms with Gasteiger partial charge in [-0.15, -0.1) is 0 Å². The van der Waals surface area contributed by atoms with Crippen LogP contribution in [0.15, 0.2) is 30.5 Å². The molecule has 0 aliphatic carbocycles. The maximum Gasteiger partial charge on any atom is 0.0501 e. The lowest BCUT2D eigenvalue weighted by Gasteiger charge is -2.34. The second kappa shape index (κ2) is 8.99. The molecule has 0 spiro atoms. The Bertz CT molecular complexity index is 1080. The number of pyridine rings is 1. The van der Waals surface area contributed by atoms with Crippen molar-refractivity contribution < 1.29 is 0 Å². The zero-order valence-corrected chi connectivity index (χ0v) is 20.2. The fraction of sp³-hybridized carbons (Fsp3) is 0.536. The van der Waals surface area contributed by atoms with E-state index < -0.39 is 0 Å². The van der Waals surface area contributed by atoms with Crippen LogP contribution in [0.25, 0.3) is 22.2 Å². The Kier molecular flexibility index (Phi) is 6.09. The first-order valence-corrected chi connectivity index (χ1v) is 12.5. The van der Waals surface area contributed by atoms with E-state index in [1.165, 1.54) is 85.3 Å². The fourth-order valence-corrected chi connectivity index (χ4v) is 6.02. The SMILES string of the molecule is Cc1cc(-c2[nH]c3cc(C)c(C4CCN(CC5CCNC5)CC4)cc3c2C(C)C)ccn1. The zero-order chi connectivity index (χ0) is 22.2. The van der Waals surface area contributed by atoms with E-state index >= 15 is 0 Å². The van der Waals surface area contributed by atoms with Gasteiger partial charge in [0.15, 0.2) is 0 Å². The fourth-order valence-electron chi connectivity index (χ4n) is 6.02. The van der Waals surface area contributed by atoms with Crippen molar-refractivity contribution in [3.05, 3.63) is 52.8 Å². The average Bonchev–Trinajstić information content (AvgIpc) is 3.41. The van der Waals surface area contributed by atoms with Crippen LogP contribution in [-0.4, -0.2) is 47.6 Å². The molecule has 3 aromatic rings. The van der Waals surface area contributed by atoms with Gasteiger partial charge in [0, 0.05) is 34.9 Å². The first-order valence-electron chi connectivity index (χ1n) is 12.5. The summed E-state index contributed by atoms with van der Waals surface area (Å²) in [6.45, 7) is 15.2. The number of nitrogens with zero attached hydrogens (tertiary/aromatic N) is 2. The second-order valence-electron chi connectivity index (χ2n) is 10.4. The molecule has 32 heavy (non-hydrogen) atoms. The Balaban J connectivity index is 1.43. The molecule has 1 atom stereocenters. The molecule has 5 rings (SSSR count). The third-order valence-electron chi connectivity index (χ3n) is 7.69. The van der Waals surface area contributed by atoms with Gasteiger partial charge in [0.2, 0.25) is 0 Å². The van der Waals surface area contributed by atoms with E-state index in [-0.39, 0.29) is 0 Å². The lowest BCUT2D eigenvalue weighted by Crippen LogP contribution is -2.37. The molecule has 2 aliphatic heterocycles. The highest BCUT2D eigenvalue weighted by Crippen LogP contribution is 2.39. The molecule has 2 N–H and O–H groups in total. The number of fused-ring (bicyclic) bond motifs is 1. The van der Waals surface area contributed by atoms with Crippen molar-refractivity contribution in [1.82, 2.24) is 20.2 Å². The molecular weight excluding hydrogens is 392 g/mol. The molecule has 2 aromatic heterocycles. The number of aryl methyl sites for hydroxylation is 2. The molecular formula is C28H38N4. The van der Waals surface area contributed by atoms with E-state index in [9.17, 15) is 0 Å². The van der Waals surface area contributed by atoms with Crippen LogP contribution in [0.5, 0.6) is 0 Å². The van der Waals surface area contributed by atoms with Gasteiger partial charge in [0.05, 0.1) is 5.69 Å². The summed E-state index contributed by atoms with van der Waals surface area (Å²) in [7, 11) is 0. The van der Waals surface area contributed by atoms with Crippen LogP contribution in [0.2, 0.25) is 0 Å². The molecule has 0 saturated carbocycles. The normalized spacial score (nSPS) is 20.6. The predicted molar refractivity (Wildman–Crippen MR) is 134 cm³/mol. The van der Waals surface area contributed by atoms with Gasteiger partial charge < -0.3 is 15.2 Å². The van der Waals surface area contributed by atoms with E-state index in [0.717, 1.165) is 11.6 Å². The second-order valence-corrected chi connectivity index (χ2v) is 10.4. The van der Waals surface area contributed by atoms with Crippen LogP contribution in [0, 0.1) is 19.8 Å². The third kappa shape index (κ3) is 4.23. The Hall–Kier alpha value is -2.17. The Morgan fingerprint density at radius 3 is 2.59 bits per heavy atom. The molecule has 1 unspecified atom stereocenters. The molecule has 2 fully saturated rings. The summed E-state index contributed by atoms with van der Waals surface area (Å²) < 4.78 is 0. The average molecular weight is 431 g/mol. The van der Waals surface area contributed by atoms with Gasteiger partial charge in [-0.2, -0.15) is 0 Å². The minimum absolute atomic E-state index is 0.463. The van der Waals surface area contributed by atoms with E-state index in [2.05, 4.69) is 72.1 Å². The molecule has 4 heterocycles. The summed E-state index contributed by atoms with van der Waals surface area (Å²) in [5, 5.41) is 4.93. The van der Waals surface area contributed by atoms with Crippen LogP contribution < -0.4 is 5.32 Å². The molecule has 0 radical (unpaired) electrons. The lowest BCUT2D eigenvalue weighted by atomic mass is 9.85. The number of likely N-dealkylation sites (tertiary alicyclic amines) is 1. The highest BCUT2D eigenvalue weighted by Gasteiger charge is 2.26. The first-order chi connectivity index (χ1) is 15.5. The largest absolute Gasteiger partial charge is 0.354 e. The van der Waals surface area contributed by atoms with Gasteiger partial charge >= 0.3 is 0 Å². The van der Waals surface area contributed by atoms with E-state index in [1.807, 2.05) is 6.20 Å². The number of rotatable bonds is 5. The number of nitrogens with one attached hydrogen (secondary N) is 2. The number of aromatic nitrogens is 2. The summed E-state index contributed by atoms with van der Waals surface area (Å²) in [5.74, 6) is 2.00. The van der Waals surface area contributed by atoms with Gasteiger partial charge in [-0.25, -0.2) is 0 Å². The Morgan fingerprint density at radius 1 is 1.09 bits per heavy atom. The van der Waals surface area contributed by atoms with E-state index in [4.69, 9.17) is 0 Å². The van der Waals surface area contributed by atoms with Crippen molar-refractivity contribution in [2.75, 3.05) is 32.7 Å². The van der Waals surface area contributed by atoms with Crippen LogP contribution in [0.3, 0.4) is 0 Å². The lowest BCUT2D eigenvalue weighted by molar-refractivity contribution is 0.187. The van der Waals surface area contributed by atoms with Crippen LogP contribution >= 0.6 is 0 Å². The van der Waals surface area contributed by atoms with Crippen LogP contribution in [0.1, 0.15) is 67.3 Å². The van der Waals surface area contributed by atoms with Crippen molar-refractivity contribution in [1.29, 1.82) is 0 Å². The van der Waals surface area contributed by atoms with Gasteiger partial charge in [-0.05, 0) is 118 Å². The van der Waals surface area contributed by atoms with Crippen LogP contribution in [0.4, 0.5) is 0 Å². The molecule has 1 aromatic carbocycles. The van der Waals surface area contributed by atoms with Crippen molar-refractivity contribution in [3.8, 4) is 11.3 Å². The number of benzene rings is 1. The first kappa shape index (κ1) is 21.7. The highest BCUT2D eigenvalue weighted by atomic mass is 15.1. The molecule has 0 bridgehead atoms. The zero-order valence-electron chi connectivity index (χ0n) is 20.2. The van der Waals surface area contributed by atoms with Crippen molar-refractivity contribution in [2.45, 2.75) is 58.8 Å². The standard InChI is InChI=1S/C28H38N4/c1-18(2)27-25-15-24(22-7-11-32(12-8-22)17-21-5-9-29-16-21)19(3)13-26(25)31-28(27)23-6-10-30-20(4)14-23/h6,10,13-15,18,21-22,29,31H,5,7-9,11-12,16-17H2,1-4H3. The molecule has 0 amide bonds. The predicted octanol–water partition coefficient (Wildman–Crippen LogP) is 5.76. The number of piperidine rings is 1. The van der Waals surface area contributed by atoms with Crippen molar-refractivity contribution in [2.24, 2.45) is 5.92 Å². The third-order valence-corrected chi connectivity index (χ3v) is 7.69. The number of hydrogen-bond donors (Lipinski definition) is 2. The Labute approximate surface area is 192 Å². The van der Waals surface area contributed by atoms with Gasteiger partial charge in [-0.3, -0.25) is 4.98 Å². The van der Waals surface area contributed by atoms with Crippen LogP contribution in [-0.2, 0) is 0 Å². The molecule has 2 saturated heterocycles. The number of aromatic amines is 1. The Morgan fingerprint density at radius 2 is 1.91 bits per heavy atom. The van der Waals surface area contributed by atoms with Gasteiger partial charge in [0.1, 0.15) is 0 Å². The summed E-state index contributed by atoms with van der Waals surface area (Å²) in [4.78, 5) is 10.9. The quantitative estimate of drug-likeness (QED) is 0.541. The topological polar surface area (TPSA) is 44.0 Å². The minimum Gasteiger partial charge on any atom is -0.354 e. The van der Waals surface area contributed by atoms with Crippen molar-refractivity contribution in [3.63, 3.8) is 0 Å². The molecule has 4 heteroatoms. The summed E-state index contributed by atoms with van der Waals surface area (Å²) in [6.07, 6.45) is 5.83.